The quantitative estimate of drug-likeness (QED) is 0.802. The largest absolute Gasteiger partial charge is 0.495 e. The maximum atomic E-state index is 12.6. The summed E-state index contributed by atoms with van der Waals surface area (Å²) in [5.41, 5.74) is 6.05. The second-order valence-electron chi connectivity index (χ2n) is 4.40. The van der Waals surface area contributed by atoms with Gasteiger partial charge in [0.15, 0.2) is 0 Å². The first-order valence-corrected chi connectivity index (χ1v) is 7.64. The molecule has 1 unspecified atom stereocenters. The van der Waals surface area contributed by atoms with Crippen LogP contribution in [-0.2, 0) is 10.0 Å². The van der Waals surface area contributed by atoms with Gasteiger partial charge in [0.25, 0.3) is 0 Å². The van der Waals surface area contributed by atoms with Crippen LogP contribution in [-0.4, -0.2) is 32.9 Å². The average molecular weight is 297 g/mol. The van der Waals surface area contributed by atoms with Crippen LogP contribution < -0.4 is 10.5 Å². The number of ether oxygens (including phenoxy) is 1. The van der Waals surface area contributed by atoms with E-state index in [-0.39, 0.29) is 29.7 Å². The summed E-state index contributed by atoms with van der Waals surface area (Å²) in [6.45, 7) is 3.83. The first-order chi connectivity index (χ1) is 9.36. The fraction of sp³-hybridized carbons (Fsp3) is 0.462. The minimum Gasteiger partial charge on any atom is -0.495 e. The summed E-state index contributed by atoms with van der Waals surface area (Å²) in [5, 5.41) is 8.84. The highest BCUT2D eigenvalue weighted by molar-refractivity contribution is 7.89. The summed E-state index contributed by atoms with van der Waals surface area (Å²) in [6.07, 6.45) is 0. The monoisotopic (exact) mass is 297 g/mol. The lowest BCUT2D eigenvalue weighted by Crippen LogP contribution is -2.34. The van der Waals surface area contributed by atoms with Gasteiger partial charge in [-0.2, -0.15) is 9.57 Å². The van der Waals surface area contributed by atoms with Crippen molar-refractivity contribution in [2.75, 3.05) is 25.9 Å². The predicted octanol–water partition coefficient (Wildman–Crippen LogP) is 1.45. The minimum atomic E-state index is -3.71. The van der Waals surface area contributed by atoms with E-state index in [1.165, 1.54) is 29.6 Å². The van der Waals surface area contributed by atoms with E-state index in [1.807, 2.05) is 6.07 Å². The Balaban J connectivity index is 3.24. The predicted molar refractivity (Wildman–Crippen MR) is 76.6 cm³/mol. The standard InChI is InChI=1S/C13H19N3O3S/c1-4-16(9-10(2)8-14)20(17,18)13-6-5-11(15)7-12(13)19-3/h5-7,10H,4,9,15H2,1-3H3. The van der Waals surface area contributed by atoms with Crippen LogP contribution in [0.4, 0.5) is 5.69 Å². The normalized spacial score (nSPS) is 12.9. The van der Waals surface area contributed by atoms with Crippen LogP contribution in [0.2, 0.25) is 0 Å². The number of nitriles is 1. The van der Waals surface area contributed by atoms with Crippen molar-refractivity contribution in [1.82, 2.24) is 4.31 Å². The van der Waals surface area contributed by atoms with E-state index in [1.54, 1.807) is 13.8 Å². The number of nitrogen functional groups attached to an aromatic ring is 1. The first kappa shape index (κ1) is 16.3. The van der Waals surface area contributed by atoms with E-state index >= 15 is 0 Å². The zero-order valence-corrected chi connectivity index (χ0v) is 12.6. The number of hydrogen-bond donors (Lipinski definition) is 1. The third-order valence-electron chi connectivity index (χ3n) is 2.86. The van der Waals surface area contributed by atoms with E-state index in [0.29, 0.717) is 5.69 Å². The van der Waals surface area contributed by atoms with Crippen LogP contribution in [0.15, 0.2) is 23.1 Å². The van der Waals surface area contributed by atoms with Crippen molar-refractivity contribution in [2.45, 2.75) is 18.7 Å². The first-order valence-electron chi connectivity index (χ1n) is 6.20. The van der Waals surface area contributed by atoms with Gasteiger partial charge in [-0.05, 0) is 19.1 Å². The molecule has 6 nitrogen and oxygen atoms in total. The Morgan fingerprint density at radius 3 is 2.65 bits per heavy atom. The van der Waals surface area contributed by atoms with Gasteiger partial charge in [0, 0.05) is 24.8 Å². The van der Waals surface area contributed by atoms with Crippen molar-refractivity contribution >= 4 is 15.7 Å². The lowest BCUT2D eigenvalue weighted by Gasteiger charge is -2.22. The van der Waals surface area contributed by atoms with Crippen LogP contribution in [0.5, 0.6) is 5.75 Å². The zero-order valence-electron chi connectivity index (χ0n) is 11.8. The molecule has 0 bridgehead atoms. The van der Waals surface area contributed by atoms with Crippen molar-refractivity contribution in [3.63, 3.8) is 0 Å². The highest BCUT2D eigenvalue weighted by atomic mass is 32.2. The van der Waals surface area contributed by atoms with Crippen molar-refractivity contribution in [1.29, 1.82) is 5.26 Å². The molecule has 0 amide bonds. The van der Waals surface area contributed by atoms with Crippen LogP contribution in [0.25, 0.3) is 0 Å². The molecular formula is C13H19N3O3S. The molecule has 0 saturated heterocycles. The number of nitrogens with two attached hydrogens (primary N) is 1. The van der Waals surface area contributed by atoms with E-state index in [2.05, 4.69) is 0 Å². The second-order valence-corrected chi connectivity index (χ2v) is 6.30. The summed E-state index contributed by atoms with van der Waals surface area (Å²) >= 11 is 0. The minimum absolute atomic E-state index is 0.0567. The number of anilines is 1. The summed E-state index contributed by atoms with van der Waals surface area (Å²) in [7, 11) is -2.32. The third kappa shape index (κ3) is 3.40. The Hall–Kier alpha value is -1.78. The van der Waals surface area contributed by atoms with E-state index < -0.39 is 10.0 Å². The molecule has 0 aliphatic carbocycles. The van der Waals surface area contributed by atoms with E-state index in [9.17, 15) is 8.42 Å². The van der Waals surface area contributed by atoms with Crippen molar-refractivity contribution in [2.24, 2.45) is 5.92 Å². The number of sulfonamides is 1. The molecule has 0 saturated carbocycles. The molecule has 0 fully saturated rings. The molecule has 0 aliphatic rings. The third-order valence-corrected chi connectivity index (χ3v) is 4.84. The molecular weight excluding hydrogens is 278 g/mol. The van der Waals surface area contributed by atoms with E-state index in [4.69, 9.17) is 15.7 Å². The number of benzene rings is 1. The lowest BCUT2D eigenvalue weighted by molar-refractivity contribution is 0.383. The maximum absolute atomic E-state index is 12.6. The second kappa shape index (κ2) is 6.59. The summed E-state index contributed by atoms with van der Waals surface area (Å²) < 4.78 is 31.5. The molecule has 110 valence electrons. The Bertz CT molecular complexity index is 608. The molecule has 0 spiro atoms. The number of methoxy groups -OCH3 is 1. The van der Waals surface area contributed by atoms with Gasteiger partial charge in [0.05, 0.1) is 19.1 Å². The molecule has 1 aromatic rings. The Morgan fingerprint density at radius 2 is 2.15 bits per heavy atom. The van der Waals surface area contributed by atoms with Gasteiger partial charge in [-0.15, -0.1) is 0 Å². The molecule has 2 N–H and O–H groups in total. The van der Waals surface area contributed by atoms with Gasteiger partial charge < -0.3 is 10.5 Å². The molecule has 1 rings (SSSR count). The highest BCUT2D eigenvalue weighted by Crippen LogP contribution is 2.29. The molecule has 0 aliphatic heterocycles. The van der Waals surface area contributed by atoms with Crippen LogP contribution >= 0.6 is 0 Å². The van der Waals surface area contributed by atoms with Gasteiger partial charge in [-0.1, -0.05) is 6.92 Å². The molecule has 0 radical (unpaired) electrons. The Kier molecular flexibility index (Phi) is 5.36. The molecule has 1 atom stereocenters. The lowest BCUT2D eigenvalue weighted by atomic mass is 10.2. The van der Waals surface area contributed by atoms with Gasteiger partial charge in [0.1, 0.15) is 10.6 Å². The van der Waals surface area contributed by atoms with Crippen LogP contribution in [0.3, 0.4) is 0 Å². The average Bonchev–Trinajstić information content (AvgIpc) is 2.43. The van der Waals surface area contributed by atoms with E-state index in [0.717, 1.165) is 0 Å². The van der Waals surface area contributed by atoms with Gasteiger partial charge in [-0.3, -0.25) is 0 Å². The number of hydrogen-bond acceptors (Lipinski definition) is 5. The van der Waals surface area contributed by atoms with Gasteiger partial charge >= 0.3 is 0 Å². The fourth-order valence-electron chi connectivity index (χ4n) is 1.78. The van der Waals surface area contributed by atoms with Gasteiger partial charge in [-0.25, -0.2) is 8.42 Å². The molecule has 0 heterocycles. The van der Waals surface area contributed by atoms with Crippen LogP contribution in [0, 0.1) is 17.2 Å². The highest BCUT2D eigenvalue weighted by Gasteiger charge is 2.27. The summed E-state index contributed by atoms with van der Waals surface area (Å²) in [4.78, 5) is 0.0567. The smallest absolute Gasteiger partial charge is 0.246 e. The summed E-state index contributed by atoms with van der Waals surface area (Å²) in [5.74, 6) is -0.183. The SMILES string of the molecule is CCN(CC(C)C#N)S(=O)(=O)c1ccc(N)cc1OC. The molecule has 7 heteroatoms. The zero-order chi connectivity index (χ0) is 15.3. The number of rotatable bonds is 6. The molecule has 1 aromatic carbocycles. The summed E-state index contributed by atoms with van der Waals surface area (Å²) in [6, 6.07) is 6.43. The van der Waals surface area contributed by atoms with Crippen molar-refractivity contribution in [3.8, 4) is 11.8 Å². The number of nitrogens with zero attached hydrogens (tertiary/aromatic N) is 2. The fourth-order valence-corrected chi connectivity index (χ4v) is 3.45. The van der Waals surface area contributed by atoms with Gasteiger partial charge in [0.2, 0.25) is 10.0 Å². The Labute approximate surface area is 119 Å². The van der Waals surface area contributed by atoms with Crippen LogP contribution in [0.1, 0.15) is 13.8 Å². The maximum Gasteiger partial charge on any atom is 0.246 e. The Morgan fingerprint density at radius 1 is 1.50 bits per heavy atom. The topological polar surface area (TPSA) is 96.4 Å². The molecule has 20 heavy (non-hydrogen) atoms. The van der Waals surface area contributed by atoms with Crippen molar-refractivity contribution in [3.05, 3.63) is 18.2 Å². The molecule has 0 aromatic heterocycles. The van der Waals surface area contributed by atoms with Crippen molar-refractivity contribution < 1.29 is 13.2 Å².